The Morgan fingerprint density at radius 3 is 2.45 bits per heavy atom. The van der Waals surface area contributed by atoms with E-state index in [9.17, 15) is 4.79 Å². The van der Waals surface area contributed by atoms with Crippen LogP contribution in [0.25, 0.3) is 6.08 Å². The summed E-state index contributed by atoms with van der Waals surface area (Å²) in [5, 5.41) is 0. The third-order valence-corrected chi connectivity index (χ3v) is 6.18. The topological polar surface area (TPSA) is 30.0 Å². The van der Waals surface area contributed by atoms with Crippen molar-refractivity contribution in [1.82, 2.24) is 9.80 Å². The first-order valence-electron chi connectivity index (χ1n) is 11.3. The summed E-state index contributed by atoms with van der Waals surface area (Å²) in [7, 11) is 4.14. The van der Waals surface area contributed by atoms with E-state index >= 15 is 0 Å². The molecule has 4 rings (SSSR count). The first kappa shape index (κ1) is 21.4. The Kier molecular flexibility index (Phi) is 6.62. The SMILES string of the molecule is Cc1ccc(N2CCN(C(=O)N3CCCc4cc(/C=C/CN(C)C)ccc43)CC2)cc1. The van der Waals surface area contributed by atoms with Gasteiger partial charge in [0, 0.05) is 50.6 Å². The van der Waals surface area contributed by atoms with Crippen LogP contribution in [-0.2, 0) is 6.42 Å². The number of carbonyl (C=O) groups excluding carboxylic acids is 1. The molecule has 2 aliphatic heterocycles. The van der Waals surface area contributed by atoms with Crippen LogP contribution in [0.1, 0.15) is 23.1 Å². The molecule has 2 amide bonds. The third-order valence-electron chi connectivity index (χ3n) is 6.18. The van der Waals surface area contributed by atoms with Crippen LogP contribution in [0.2, 0.25) is 0 Å². The van der Waals surface area contributed by atoms with Gasteiger partial charge < -0.3 is 14.7 Å². The van der Waals surface area contributed by atoms with Crippen molar-refractivity contribution in [3.63, 3.8) is 0 Å². The number of benzene rings is 2. The summed E-state index contributed by atoms with van der Waals surface area (Å²) in [6.07, 6.45) is 6.41. The molecule has 0 N–H and O–H groups in total. The Bertz CT molecular complexity index is 927. The number of urea groups is 1. The zero-order valence-corrected chi connectivity index (χ0v) is 19.1. The molecule has 31 heavy (non-hydrogen) atoms. The number of anilines is 2. The van der Waals surface area contributed by atoms with Crippen molar-refractivity contribution in [2.24, 2.45) is 0 Å². The van der Waals surface area contributed by atoms with E-state index in [2.05, 4.69) is 85.4 Å². The quantitative estimate of drug-likeness (QED) is 0.743. The van der Waals surface area contributed by atoms with E-state index < -0.39 is 0 Å². The van der Waals surface area contributed by atoms with E-state index in [1.807, 2.05) is 9.80 Å². The number of aryl methyl sites for hydroxylation is 2. The zero-order valence-electron chi connectivity index (χ0n) is 19.1. The highest BCUT2D eigenvalue weighted by atomic mass is 16.2. The summed E-state index contributed by atoms with van der Waals surface area (Å²) in [6.45, 7) is 7.14. The highest BCUT2D eigenvalue weighted by Crippen LogP contribution is 2.30. The second kappa shape index (κ2) is 9.56. The van der Waals surface area contributed by atoms with Crippen LogP contribution in [0, 0.1) is 6.92 Å². The van der Waals surface area contributed by atoms with E-state index in [1.54, 1.807) is 0 Å². The maximum Gasteiger partial charge on any atom is 0.324 e. The molecule has 2 aliphatic rings. The number of fused-ring (bicyclic) bond motifs is 1. The average molecular weight is 419 g/mol. The second-order valence-corrected chi connectivity index (χ2v) is 8.90. The lowest BCUT2D eigenvalue weighted by Crippen LogP contribution is -2.54. The number of hydrogen-bond donors (Lipinski definition) is 0. The van der Waals surface area contributed by atoms with Crippen LogP contribution in [-0.4, -0.2) is 69.2 Å². The van der Waals surface area contributed by atoms with Crippen molar-refractivity contribution in [1.29, 1.82) is 0 Å². The first-order chi connectivity index (χ1) is 15.0. The zero-order chi connectivity index (χ0) is 21.8. The fraction of sp³-hybridized carbons (Fsp3) is 0.423. The van der Waals surface area contributed by atoms with Crippen molar-refractivity contribution in [3.8, 4) is 0 Å². The molecule has 164 valence electrons. The lowest BCUT2D eigenvalue weighted by molar-refractivity contribution is 0.200. The van der Waals surface area contributed by atoms with E-state index in [4.69, 9.17) is 0 Å². The van der Waals surface area contributed by atoms with Crippen molar-refractivity contribution in [2.75, 3.05) is 63.2 Å². The largest absolute Gasteiger partial charge is 0.368 e. The van der Waals surface area contributed by atoms with Gasteiger partial charge in [-0.1, -0.05) is 35.9 Å². The maximum atomic E-state index is 13.3. The molecule has 1 saturated heterocycles. The van der Waals surface area contributed by atoms with Gasteiger partial charge in [0.1, 0.15) is 0 Å². The molecule has 0 saturated carbocycles. The third kappa shape index (κ3) is 5.10. The molecular weight excluding hydrogens is 384 g/mol. The smallest absolute Gasteiger partial charge is 0.324 e. The average Bonchev–Trinajstić information content (AvgIpc) is 2.78. The molecule has 2 aromatic carbocycles. The highest BCUT2D eigenvalue weighted by Gasteiger charge is 2.29. The molecule has 2 heterocycles. The molecule has 5 nitrogen and oxygen atoms in total. The molecular formula is C26H34N4O. The molecule has 0 aromatic heterocycles. The molecule has 5 heteroatoms. The lowest BCUT2D eigenvalue weighted by Gasteiger charge is -2.40. The van der Waals surface area contributed by atoms with Gasteiger partial charge in [0.25, 0.3) is 0 Å². The fourth-order valence-corrected chi connectivity index (χ4v) is 4.40. The van der Waals surface area contributed by atoms with Crippen molar-refractivity contribution in [3.05, 3.63) is 65.2 Å². The van der Waals surface area contributed by atoms with Gasteiger partial charge in [-0.25, -0.2) is 4.79 Å². The molecule has 0 unspecified atom stereocenters. The molecule has 0 radical (unpaired) electrons. The molecule has 2 aromatic rings. The summed E-state index contributed by atoms with van der Waals surface area (Å²) < 4.78 is 0. The Labute approximate surface area is 186 Å². The Morgan fingerprint density at radius 1 is 1.00 bits per heavy atom. The van der Waals surface area contributed by atoms with Crippen LogP contribution in [0.3, 0.4) is 0 Å². The van der Waals surface area contributed by atoms with Gasteiger partial charge in [0.2, 0.25) is 0 Å². The van der Waals surface area contributed by atoms with E-state index in [0.717, 1.165) is 57.8 Å². The normalized spacial score (nSPS) is 16.8. The predicted molar refractivity (Wildman–Crippen MR) is 130 cm³/mol. The summed E-state index contributed by atoms with van der Waals surface area (Å²) >= 11 is 0. The summed E-state index contributed by atoms with van der Waals surface area (Å²) in [5.41, 5.74) is 6.10. The highest BCUT2D eigenvalue weighted by molar-refractivity contribution is 5.93. The number of carbonyl (C=O) groups is 1. The van der Waals surface area contributed by atoms with Gasteiger partial charge in [-0.3, -0.25) is 4.90 Å². The van der Waals surface area contributed by atoms with Crippen LogP contribution >= 0.6 is 0 Å². The van der Waals surface area contributed by atoms with Crippen LogP contribution in [0.15, 0.2) is 48.5 Å². The van der Waals surface area contributed by atoms with Gasteiger partial charge in [0.05, 0.1) is 0 Å². The fourth-order valence-electron chi connectivity index (χ4n) is 4.40. The van der Waals surface area contributed by atoms with Crippen molar-refractivity contribution in [2.45, 2.75) is 19.8 Å². The van der Waals surface area contributed by atoms with E-state index in [1.165, 1.54) is 22.4 Å². The number of piperazine rings is 1. The maximum absolute atomic E-state index is 13.3. The van der Waals surface area contributed by atoms with Crippen molar-refractivity contribution < 1.29 is 4.79 Å². The van der Waals surface area contributed by atoms with Crippen LogP contribution < -0.4 is 9.80 Å². The minimum Gasteiger partial charge on any atom is -0.368 e. The molecule has 1 fully saturated rings. The van der Waals surface area contributed by atoms with Gasteiger partial charge in [-0.05, 0) is 69.3 Å². The van der Waals surface area contributed by atoms with Crippen molar-refractivity contribution >= 4 is 23.5 Å². The van der Waals surface area contributed by atoms with E-state index in [0.29, 0.717) is 0 Å². The number of hydrogen-bond acceptors (Lipinski definition) is 3. The second-order valence-electron chi connectivity index (χ2n) is 8.90. The van der Waals surface area contributed by atoms with Crippen LogP contribution in [0.4, 0.5) is 16.2 Å². The minimum atomic E-state index is 0.153. The van der Waals surface area contributed by atoms with Gasteiger partial charge >= 0.3 is 6.03 Å². The van der Waals surface area contributed by atoms with Gasteiger partial charge in [-0.15, -0.1) is 0 Å². The first-order valence-corrected chi connectivity index (χ1v) is 11.3. The van der Waals surface area contributed by atoms with Gasteiger partial charge in [-0.2, -0.15) is 0 Å². The molecule has 0 spiro atoms. The Hall–Kier alpha value is -2.79. The predicted octanol–water partition coefficient (Wildman–Crippen LogP) is 4.26. The molecule has 0 atom stereocenters. The number of likely N-dealkylation sites (N-methyl/N-ethyl adjacent to an activating group) is 1. The standard InChI is InChI=1S/C26H34N4O/c1-21-8-11-24(12-9-21)28-16-18-29(19-17-28)26(31)30-15-5-7-23-20-22(10-13-25(23)30)6-4-14-27(2)3/h4,6,8-13,20H,5,7,14-19H2,1-3H3/b6-4+. The summed E-state index contributed by atoms with van der Waals surface area (Å²) in [5.74, 6) is 0. The summed E-state index contributed by atoms with van der Waals surface area (Å²) in [6, 6.07) is 15.3. The number of nitrogens with zero attached hydrogens (tertiary/aromatic N) is 4. The Morgan fingerprint density at radius 2 is 1.74 bits per heavy atom. The summed E-state index contributed by atoms with van der Waals surface area (Å²) in [4.78, 5) is 21.9. The van der Waals surface area contributed by atoms with E-state index in [-0.39, 0.29) is 6.03 Å². The minimum absolute atomic E-state index is 0.153. The van der Waals surface area contributed by atoms with Crippen LogP contribution in [0.5, 0.6) is 0 Å². The van der Waals surface area contributed by atoms with Gasteiger partial charge in [0.15, 0.2) is 0 Å². The number of amides is 2. The molecule has 0 aliphatic carbocycles. The lowest BCUT2D eigenvalue weighted by atomic mass is 9.99. The number of rotatable bonds is 4. The molecule has 0 bridgehead atoms. The monoisotopic (exact) mass is 418 g/mol. The Balaban J connectivity index is 1.41.